The van der Waals surface area contributed by atoms with Gasteiger partial charge < -0.3 is 4.74 Å². The molecule has 0 radical (unpaired) electrons. The van der Waals surface area contributed by atoms with Gasteiger partial charge >= 0.3 is 5.97 Å². The minimum Gasteiger partial charge on any atom is -0.459 e. The highest BCUT2D eigenvalue weighted by Crippen LogP contribution is 2.24. The first-order chi connectivity index (χ1) is 9.14. The van der Waals surface area contributed by atoms with E-state index in [-0.39, 0.29) is 17.4 Å². The molecule has 4 nitrogen and oxygen atoms in total. The molecule has 20 heavy (non-hydrogen) atoms. The van der Waals surface area contributed by atoms with Crippen LogP contribution in [0.3, 0.4) is 0 Å². The number of ether oxygens (including phenoxy) is 1. The molecule has 0 N–H and O–H groups in total. The zero-order valence-corrected chi connectivity index (χ0v) is 13.5. The van der Waals surface area contributed by atoms with Crippen molar-refractivity contribution in [3.8, 4) is 6.07 Å². The molecule has 4 heteroatoms. The minimum atomic E-state index is -0.422. The smallest absolute Gasteiger partial charge is 0.323 e. The van der Waals surface area contributed by atoms with Gasteiger partial charge in [0.15, 0.2) is 0 Å². The monoisotopic (exact) mass is 280 g/mol. The molecule has 0 saturated carbocycles. The summed E-state index contributed by atoms with van der Waals surface area (Å²) in [4.78, 5) is 14.4. The second kappa shape index (κ2) is 6.58. The molecule has 1 aliphatic heterocycles. The molecule has 1 heterocycles. The van der Waals surface area contributed by atoms with Gasteiger partial charge in [-0.15, -0.1) is 0 Å². The number of rotatable bonds is 5. The molecule has 0 unspecified atom stereocenters. The summed E-state index contributed by atoms with van der Waals surface area (Å²) in [7, 11) is 0. The van der Waals surface area contributed by atoms with Crippen LogP contribution in [0.5, 0.6) is 0 Å². The summed E-state index contributed by atoms with van der Waals surface area (Å²) in [5.74, 6) is -0.102. The van der Waals surface area contributed by atoms with Crippen LogP contribution in [0.25, 0.3) is 0 Å². The molecule has 0 aromatic heterocycles. The van der Waals surface area contributed by atoms with E-state index in [1.807, 2.05) is 34.6 Å². The van der Waals surface area contributed by atoms with Crippen molar-refractivity contribution in [1.29, 1.82) is 5.26 Å². The van der Waals surface area contributed by atoms with Gasteiger partial charge in [-0.3, -0.25) is 9.69 Å². The Morgan fingerprint density at radius 1 is 1.35 bits per heavy atom. The van der Waals surface area contributed by atoms with E-state index in [1.54, 1.807) is 0 Å². The van der Waals surface area contributed by atoms with Gasteiger partial charge in [0, 0.05) is 0 Å². The molecule has 0 aliphatic carbocycles. The summed E-state index contributed by atoms with van der Waals surface area (Å²) < 4.78 is 5.49. The predicted molar refractivity (Wildman–Crippen MR) is 79.1 cm³/mol. The molecule has 114 valence electrons. The molecule has 1 fully saturated rings. The molecule has 0 spiro atoms. The van der Waals surface area contributed by atoms with Crippen molar-refractivity contribution >= 4 is 5.97 Å². The number of carbonyl (C=O) groups is 1. The van der Waals surface area contributed by atoms with E-state index in [0.717, 1.165) is 38.8 Å². The van der Waals surface area contributed by atoms with E-state index in [9.17, 15) is 4.79 Å². The first-order valence-corrected chi connectivity index (χ1v) is 7.53. The topological polar surface area (TPSA) is 53.3 Å². The van der Waals surface area contributed by atoms with Crippen LogP contribution in [-0.2, 0) is 9.53 Å². The Morgan fingerprint density at radius 3 is 2.55 bits per heavy atom. The maximum Gasteiger partial charge on any atom is 0.323 e. The number of carbonyl (C=O) groups excluding carboxylic acids is 1. The fourth-order valence-corrected chi connectivity index (χ4v) is 2.51. The van der Waals surface area contributed by atoms with Gasteiger partial charge in [0.05, 0.1) is 11.5 Å². The van der Waals surface area contributed by atoms with Crippen molar-refractivity contribution in [2.75, 3.05) is 13.1 Å². The van der Waals surface area contributed by atoms with E-state index < -0.39 is 5.60 Å². The number of hydrogen-bond acceptors (Lipinski definition) is 4. The zero-order chi connectivity index (χ0) is 15.4. The van der Waals surface area contributed by atoms with E-state index >= 15 is 0 Å². The van der Waals surface area contributed by atoms with Crippen LogP contribution in [0, 0.1) is 16.7 Å². The third kappa shape index (κ3) is 5.50. The largest absolute Gasteiger partial charge is 0.459 e. The van der Waals surface area contributed by atoms with Crippen LogP contribution in [0.2, 0.25) is 0 Å². The number of nitriles is 1. The Balaban J connectivity index is 2.46. The highest BCUT2D eigenvalue weighted by atomic mass is 16.6. The fraction of sp³-hybridized carbons (Fsp3) is 0.875. The van der Waals surface area contributed by atoms with Crippen molar-refractivity contribution in [1.82, 2.24) is 4.90 Å². The summed E-state index contributed by atoms with van der Waals surface area (Å²) in [6.45, 7) is 11.5. The Bertz CT molecular complexity index is 377. The lowest BCUT2D eigenvalue weighted by atomic mass is 9.90. The standard InChI is InChI=1S/C16H28N2O2/c1-15(2,3)20-14(19)13-8-6-10-18(13)11-7-9-16(4,5)12-17/h13H,6-11H2,1-5H3/t13-/m0/s1. The number of likely N-dealkylation sites (tertiary alicyclic amines) is 1. The van der Waals surface area contributed by atoms with Crippen molar-refractivity contribution < 1.29 is 9.53 Å². The molecular weight excluding hydrogens is 252 g/mol. The first-order valence-electron chi connectivity index (χ1n) is 7.53. The summed E-state index contributed by atoms with van der Waals surface area (Å²) >= 11 is 0. The Hall–Kier alpha value is -1.08. The molecule has 1 rings (SSSR count). The predicted octanol–water partition coefficient (Wildman–Crippen LogP) is 3.12. The van der Waals surface area contributed by atoms with Gasteiger partial charge in [0.25, 0.3) is 0 Å². The number of nitrogens with zero attached hydrogens (tertiary/aromatic N) is 2. The van der Waals surface area contributed by atoms with Gasteiger partial charge in [0.1, 0.15) is 11.6 Å². The van der Waals surface area contributed by atoms with Crippen molar-refractivity contribution in [2.45, 2.75) is 71.9 Å². The van der Waals surface area contributed by atoms with Gasteiger partial charge in [-0.1, -0.05) is 0 Å². The number of hydrogen-bond donors (Lipinski definition) is 0. The highest BCUT2D eigenvalue weighted by Gasteiger charge is 2.33. The van der Waals surface area contributed by atoms with E-state index in [4.69, 9.17) is 10.00 Å². The van der Waals surface area contributed by atoms with E-state index in [0.29, 0.717) is 0 Å². The molecule has 0 amide bonds. The zero-order valence-electron chi connectivity index (χ0n) is 13.5. The van der Waals surface area contributed by atoms with Crippen LogP contribution in [0.4, 0.5) is 0 Å². The maximum absolute atomic E-state index is 12.2. The Kier molecular flexibility index (Phi) is 5.59. The minimum absolute atomic E-state index is 0.0978. The summed E-state index contributed by atoms with van der Waals surface area (Å²) in [6, 6.07) is 2.22. The quantitative estimate of drug-likeness (QED) is 0.726. The van der Waals surface area contributed by atoms with E-state index in [1.165, 1.54) is 0 Å². The summed E-state index contributed by atoms with van der Waals surface area (Å²) in [5, 5.41) is 9.02. The average Bonchev–Trinajstić information content (AvgIpc) is 2.75. The van der Waals surface area contributed by atoms with Gasteiger partial charge in [-0.05, 0) is 73.4 Å². The first kappa shape index (κ1) is 17.0. The molecule has 0 aromatic rings. The molecule has 1 saturated heterocycles. The van der Waals surface area contributed by atoms with Gasteiger partial charge in [0.2, 0.25) is 0 Å². The van der Waals surface area contributed by atoms with Crippen LogP contribution in [-0.4, -0.2) is 35.6 Å². The van der Waals surface area contributed by atoms with Crippen LogP contribution in [0.15, 0.2) is 0 Å². The lowest BCUT2D eigenvalue weighted by Crippen LogP contribution is -2.41. The van der Waals surface area contributed by atoms with Gasteiger partial charge in [-0.2, -0.15) is 5.26 Å². The Morgan fingerprint density at radius 2 is 2.00 bits per heavy atom. The molecule has 1 aliphatic rings. The van der Waals surface area contributed by atoms with Crippen LogP contribution < -0.4 is 0 Å². The molecular formula is C16H28N2O2. The third-order valence-electron chi connectivity index (χ3n) is 3.59. The number of esters is 1. The Labute approximate surface area is 123 Å². The average molecular weight is 280 g/mol. The lowest BCUT2D eigenvalue weighted by Gasteiger charge is -2.27. The van der Waals surface area contributed by atoms with Crippen molar-refractivity contribution in [3.05, 3.63) is 0 Å². The normalized spacial score (nSPS) is 20.7. The van der Waals surface area contributed by atoms with Gasteiger partial charge in [-0.25, -0.2) is 0 Å². The fourth-order valence-electron chi connectivity index (χ4n) is 2.51. The molecule has 0 aromatic carbocycles. The SMILES string of the molecule is CC(C)(C#N)CCCN1CCC[C@H]1C(=O)OC(C)(C)C. The van der Waals surface area contributed by atoms with Crippen LogP contribution >= 0.6 is 0 Å². The van der Waals surface area contributed by atoms with Crippen molar-refractivity contribution in [2.24, 2.45) is 5.41 Å². The lowest BCUT2D eigenvalue weighted by molar-refractivity contribution is -0.160. The second-order valence-corrected chi connectivity index (χ2v) is 7.33. The second-order valence-electron chi connectivity index (χ2n) is 7.33. The third-order valence-corrected chi connectivity index (χ3v) is 3.59. The van der Waals surface area contributed by atoms with E-state index in [2.05, 4.69) is 11.0 Å². The summed E-state index contributed by atoms with van der Waals surface area (Å²) in [5.41, 5.74) is -0.699. The molecule has 1 atom stereocenters. The summed E-state index contributed by atoms with van der Waals surface area (Å²) in [6.07, 6.45) is 3.74. The van der Waals surface area contributed by atoms with Crippen molar-refractivity contribution in [3.63, 3.8) is 0 Å². The highest BCUT2D eigenvalue weighted by molar-refractivity contribution is 5.76. The molecule has 0 bridgehead atoms. The maximum atomic E-state index is 12.2. The van der Waals surface area contributed by atoms with Crippen LogP contribution in [0.1, 0.15) is 60.3 Å².